The summed E-state index contributed by atoms with van der Waals surface area (Å²) in [4.78, 5) is 28.8. The second kappa shape index (κ2) is 5.77. The lowest BCUT2D eigenvalue weighted by Gasteiger charge is -2.31. The van der Waals surface area contributed by atoms with E-state index in [0.29, 0.717) is 29.8 Å². The highest BCUT2D eigenvalue weighted by Crippen LogP contribution is 2.33. The molecule has 0 fully saturated rings. The third kappa shape index (κ3) is 3.42. The van der Waals surface area contributed by atoms with Gasteiger partial charge in [0.05, 0.1) is 29.2 Å². The van der Waals surface area contributed by atoms with E-state index in [1.165, 1.54) is 0 Å². The van der Waals surface area contributed by atoms with E-state index in [9.17, 15) is 9.59 Å². The van der Waals surface area contributed by atoms with Gasteiger partial charge in [0.1, 0.15) is 11.4 Å². The number of hydrogen-bond acceptors (Lipinski definition) is 5. The summed E-state index contributed by atoms with van der Waals surface area (Å²) in [5.74, 6) is 0.315. The average Bonchev–Trinajstić information content (AvgIpc) is 2.89. The molecular formula is C17H18N2O3S. The molecule has 1 aromatic carbocycles. The van der Waals surface area contributed by atoms with Crippen molar-refractivity contribution in [2.24, 2.45) is 0 Å². The Kier molecular flexibility index (Phi) is 3.93. The van der Waals surface area contributed by atoms with Gasteiger partial charge < -0.3 is 10.1 Å². The SMILES string of the molecule is Cc1nc(CNC(=O)c2ccc3c(c2)C(=O)CC(C)(C)O3)cs1. The van der Waals surface area contributed by atoms with Crippen LogP contribution in [0.15, 0.2) is 23.6 Å². The van der Waals surface area contributed by atoms with Gasteiger partial charge in [0.2, 0.25) is 0 Å². The van der Waals surface area contributed by atoms with Gasteiger partial charge in [-0.2, -0.15) is 0 Å². The van der Waals surface area contributed by atoms with Crippen LogP contribution in [-0.4, -0.2) is 22.3 Å². The zero-order chi connectivity index (χ0) is 16.6. The van der Waals surface area contributed by atoms with E-state index in [2.05, 4.69) is 10.3 Å². The molecule has 0 saturated heterocycles. The van der Waals surface area contributed by atoms with Crippen molar-refractivity contribution in [2.45, 2.75) is 39.3 Å². The molecule has 0 radical (unpaired) electrons. The van der Waals surface area contributed by atoms with Crippen molar-refractivity contribution in [1.29, 1.82) is 0 Å². The van der Waals surface area contributed by atoms with E-state index in [0.717, 1.165) is 10.7 Å². The Hall–Kier alpha value is -2.21. The number of benzene rings is 1. The smallest absolute Gasteiger partial charge is 0.251 e. The lowest BCUT2D eigenvalue weighted by molar-refractivity contribution is 0.0620. The topological polar surface area (TPSA) is 68.3 Å². The number of carbonyl (C=O) groups excluding carboxylic acids is 2. The van der Waals surface area contributed by atoms with Crippen LogP contribution in [-0.2, 0) is 6.54 Å². The second-order valence-corrected chi connectivity index (χ2v) is 7.28. The minimum atomic E-state index is -0.504. The monoisotopic (exact) mass is 330 g/mol. The van der Waals surface area contributed by atoms with Crippen molar-refractivity contribution in [2.75, 3.05) is 0 Å². The van der Waals surface area contributed by atoms with Gasteiger partial charge in [-0.05, 0) is 39.0 Å². The predicted octanol–water partition coefficient (Wildman–Crippen LogP) is 3.13. The fourth-order valence-corrected chi connectivity index (χ4v) is 3.17. The van der Waals surface area contributed by atoms with Gasteiger partial charge in [0, 0.05) is 10.9 Å². The van der Waals surface area contributed by atoms with E-state index in [-0.39, 0.29) is 11.7 Å². The van der Waals surface area contributed by atoms with Crippen LogP contribution in [0.2, 0.25) is 0 Å². The number of aryl methyl sites for hydroxylation is 1. The summed E-state index contributed by atoms with van der Waals surface area (Å²) in [6.07, 6.45) is 0.309. The fourth-order valence-electron chi connectivity index (χ4n) is 2.56. The van der Waals surface area contributed by atoms with Gasteiger partial charge >= 0.3 is 0 Å². The molecule has 1 aliphatic rings. The number of hydrogen-bond donors (Lipinski definition) is 1. The molecule has 6 heteroatoms. The number of nitrogens with one attached hydrogen (secondary N) is 1. The maximum absolute atomic E-state index is 12.3. The molecule has 1 aliphatic heterocycles. The highest BCUT2D eigenvalue weighted by molar-refractivity contribution is 7.09. The molecule has 1 aromatic heterocycles. The van der Waals surface area contributed by atoms with Crippen molar-refractivity contribution >= 4 is 23.0 Å². The van der Waals surface area contributed by atoms with E-state index in [1.54, 1.807) is 29.5 Å². The lowest BCUT2D eigenvalue weighted by Crippen LogP contribution is -2.36. The number of aromatic nitrogens is 1. The van der Waals surface area contributed by atoms with Crippen LogP contribution in [0.4, 0.5) is 0 Å². The molecule has 1 N–H and O–H groups in total. The normalized spacial score (nSPS) is 15.7. The summed E-state index contributed by atoms with van der Waals surface area (Å²) < 4.78 is 5.80. The Morgan fingerprint density at radius 3 is 2.91 bits per heavy atom. The minimum Gasteiger partial charge on any atom is -0.487 e. The average molecular weight is 330 g/mol. The molecule has 0 unspecified atom stereocenters. The summed E-state index contributed by atoms with van der Waals surface area (Å²) in [6, 6.07) is 4.97. The van der Waals surface area contributed by atoms with Crippen LogP contribution < -0.4 is 10.1 Å². The summed E-state index contributed by atoms with van der Waals surface area (Å²) in [7, 11) is 0. The van der Waals surface area contributed by atoms with Gasteiger partial charge in [-0.1, -0.05) is 0 Å². The first-order chi connectivity index (χ1) is 10.8. The molecule has 120 valence electrons. The lowest BCUT2D eigenvalue weighted by atomic mass is 9.92. The van der Waals surface area contributed by atoms with Gasteiger partial charge in [-0.3, -0.25) is 9.59 Å². The Morgan fingerprint density at radius 2 is 2.22 bits per heavy atom. The molecule has 0 spiro atoms. The molecule has 3 rings (SSSR count). The summed E-state index contributed by atoms with van der Waals surface area (Å²) in [5.41, 5.74) is 1.25. The molecule has 0 aliphatic carbocycles. The van der Waals surface area contributed by atoms with Gasteiger partial charge in [-0.25, -0.2) is 4.98 Å². The summed E-state index contributed by atoms with van der Waals surface area (Å²) >= 11 is 1.55. The van der Waals surface area contributed by atoms with E-state index < -0.39 is 5.60 Å². The molecule has 1 amide bonds. The maximum Gasteiger partial charge on any atom is 0.251 e. The van der Waals surface area contributed by atoms with Crippen molar-refractivity contribution in [3.05, 3.63) is 45.4 Å². The van der Waals surface area contributed by atoms with Crippen molar-refractivity contribution in [3.8, 4) is 5.75 Å². The van der Waals surface area contributed by atoms with Crippen LogP contribution in [0.1, 0.15) is 51.7 Å². The maximum atomic E-state index is 12.3. The first-order valence-electron chi connectivity index (χ1n) is 7.39. The number of fused-ring (bicyclic) bond motifs is 1. The largest absolute Gasteiger partial charge is 0.487 e. The summed E-state index contributed by atoms with van der Waals surface area (Å²) in [5, 5.41) is 5.70. The third-order valence-electron chi connectivity index (χ3n) is 3.61. The molecule has 23 heavy (non-hydrogen) atoms. The highest BCUT2D eigenvalue weighted by atomic mass is 32.1. The Bertz CT molecular complexity index is 780. The highest BCUT2D eigenvalue weighted by Gasteiger charge is 2.32. The van der Waals surface area contributed by atoms with Gasteiger partial charge in [0.25, 0.3) is 5.91 Å². The minimum absolute atomic E-state index is 0.000950. The van der Waals surface area contributed by atoms with Crippen LogP contribution >= 0.6 is 11.3 Å². The van der Waals surface area contributed by atoms with Crippen LogP contribution in [0.25, 0.3) is 0 Å². The van der Waals surface area contributed by atoms with Gasteiger partial charge in [0.15, 0.2) is 5.78 Å². The zero-order valence-electron chi connectivity index (χ0n) is 13.3. The van der Waals surface area contributed by atoms with Gasteiger partial charge in [-0.15, -0.1) is 11.3 Å². The Balaban J connectivity index is 1.75. The molecular weight excluding hydrogens is 312 g/mol. The van der Waals surface area contributed by atoms with E-state index >= 15 is 0 Å². The Morgan fingerprint density at radius 1 is 1.43 bits per heavy atom. The number of rotatable bonds is 3. The van der Waals surface area contributed by atoms with E-state index in [4.69, 9.17) is 4.74 Å². The third-order valence-corrected chi connectivity index (χ3v) is 4.43. The number of amides is 1. The number of nitrogens with zero attached hydrogens (tertiary/aromatic N) is 1. The molecule has 5 nitrogen and oxygen atoms in total. The fraction of sp³-hybridized carbons (Fsp3) is 0.353. The van der Waals surface area contributed by atoms with Crippen LogP contribution in [0, 0.1) is 6.92 Å². The van der Waals surface area contributed by atoms with E-state index in [1.807, 2.05) is 26.2 Å². The summed E-state index contributed by atoms with van der Waals surface area (Å²) in [6.45, 7) is 6.05. The van der Waals surface area contributed by atoms with Crippen LogP contribution in [0.3, 0.4) is 0 Å². The van der Waals surface area contributed by atoms with Crippen molar-refractivity contribution in [3.63, 3.8) is 0 Å². The van der Waals surface area contributed by atoms with Crippen molar-refractivity contribution < 1.29 is 14.3 Å². The second-order valence-electron chi connectivity index (χ2n) is 6.21. The standard InChI is InChI=1S/C17H18N2O3S/c1-10-19-12(9-23-10)8-18-16(21)11-4-5-15-13(6-11)14(20)7-17(2,3)22-15/h4-6,9H,7-8H2,1-3H3,(H,18,21). The Labute approximate surface area is 138 Å². The quantitative estimate of drug-likeness (QED) is 0.939. The molecule has 0 bridgehead atoms. The molecule has 0 saturated carbocycles. The first kappa shape index (κ1) is 15.7. The zero-order valence-corrected chi connectivity index (χ0v) is 14.1. The number of ketones is 1. The number of ether oxygens (including phenoxy) is 1. The number of carbonyl (C=O) groups is 2. The number of thiazole rings is 1. The predicted molar refractivity (Wildman–Crippen MR) is 88.1 cm³/mol. The number of Topliss-reactive ketones (excluding diaryl/α,β-unsaturated/α-hetero) is 1. The first-order valence-corrected chi connectivity index (χ1v) is 8.27. The molecule has 2 aromatic rings. The van der Waals surface area contributed by atoms with Crippen LogP contribution in [0.5, 0.6) is 5.75 Å². The molecule has 0 atom stereocenters. The molecule has 2 heterocycles. The van der Waals surface area contributed by atoms with Crippen molar-refractivity contribution in [1.82, 2.24) is 10.3 Å².